The number of hydrogen-bond donors (Lipinski definition) is 2. The van der Waals surface area contributed by atoms with Gasteiger partial charge >= 0.3 is 6.03 Å². The topological polar surface area (TPSA) is 83.4 Å². The zero-order chi connectivity index (χ0) is 26.1. The lowest BCUT2D eigenvalue weighted by Crippen LogP contribution is -2.38. The number of halogens is 2. The fourth-order valence-corrected chi connectivity index (χ4v) is 4.50. The maximum atomic E-state index is 13.9. The van der Waals surface area contributed by atoms with Crippen molar-refractivity contribution < 1.29 is 18.8 Å². The third kappa shape index (κ3) is 4.83. The minimum absolute atomic E-state index is 0.0283. The summed E-state index contributed by atoms with van der Waals surface area (Å²) < 4.78 is 16.0. The Morgan fingerprint density at radius 3 is 2.49 bits per heavy atom. The third-order valence-corrected chi connectivity index (χ3v) is 6.49. The molecule has 2 heterocycles. The highest BCUT2D eigenvalue weighted by molar-refractivity contribution is 6.30. The normalized spacial score (nSPS) is 14.5. The standard InChI is InChI=1S/C28H22ClFN4O3/c1-17-21(20-6-2-5-9-25(20)33(17)15-18-10-12-19(29)13-11-18)14-24-27(36)34(28(37)32-24)16-26(35)31-23-8-4-3-7-22(23)30/h2-14H,15-16H2,1H3,(H,31,35)(H,32,37)/b24-14+. The van der Waals surface area contributed by atoms with Crippen LogP contribution in [-0.4, -0.2) is 33.9 Å². The van der Waals surface area contributed by atoms with Crippen LogP contribution in [0.2, 0.25) is 5.02 Å². The molecule has 0 bridgehead atoms. The van der Waals surface area contributed by atoms with Crippen LogP contribution in [0.4, 0.5) is 14.9 Å². The number of benzene rings is 3. The Bertz CT molecular complexity index is 1580. The first-order chi connectivity index (χ1) is 17.8. The fraction of sp³-hybridized carbons (Fsp3) is 0.107. The molecule has 4 amide bonds. The summed E-state index contributed by atoms with van der Waals surface area (Å²) >= 11 is 6.03. The molecule has 2 N–H and O–H groups in total. The number of hydrogen-bond acceptors (Lipinski definition) is 3. The van der Waals surface area contributed by atoms with E-state index in [1.54, 1.807) is 12.1 Å². The van der Waals surface area contributed by atoms with Gasteiger partial charge in [-0.1, -0.05) is 54.1 Å². The molecule has 1 aromatic heterocycles. The first kappa shape index (κ1) is 24.3. The van der Waals surface area contributed by atoms with Gasteiger partial charge < -0.3 is 15.2 Å². The summed E-state index contributed by atoms with van der Waals surface area (Å²) in [6, 6.07) is 20.3. The molecule has 37 heavy (non-hydrogen) atoms. The summed E-state index contributed by atoms with van der Waals surface area (Å²) in [6.45, 7) is 1.99. The number of imide groups is 1. The Labute approximate surface area is 217 Å². The molecule has 0 spiro atoms. The predicted molar refractivity (Wildman–Crippen MR) is 140 cm³/mol. The van der Waals surface area contributed by atoms with Crippen LogP contribution < -0.4 is 10.6 Å². The molecule has 0 saturated carbocycles. The van der Waals surface area contributed by atoms with Crippen molar-refractivity contribution in [3.05, 3.63) is 106 Å². The van der Waals surface area contributed by atoms with Crippen LogP contribution in [0.25, 0.3) is 17.0 Å². The monoisotopic (exact) mass is 516 g/mol. The molecule has 1 saturated heterocycles. The van der Waals surface area contributed by atoms with Crippen LogP contribution in [-0.2, 0) is 16.1 Å². The Morgan fingerprint density at radius 2 is 1.73 bits per heavy atom. The van der Waals surface area contributed by atoms with Crippen molar-refractivity contribution in [2.24, 2.45) is 0 Å². The van der Waals surface area contributed by atoms with Crippen molar-refractivity contribution in [3.63, 3.8) is 0 Å². The minimum atomic E-state index is -0.720. The van der Waals surface area contributed by atoms with Gasteiger partial charge in [0.15, 0.2) is 0 Å². The Balaban J connectivity index is 1.42. The Kier molecular flexibility index (Phi) is 6.50. The number of carbonyl (C=O) groups is 3. The molecule has 9 heteroatoms. The summed E-state index contributed by atoms with van der Waals surface area (Å²) in [7, 11) is 0. The van der Waals surface area contributed by atoms with Gasteiger partial charge in [0.1, 0.15) is 18.1 Å². The zero-order valence-electron chi connectivity index (χ0n) is 19.8. The summed E-state index contributed by atoms with van der Waals surface area (Å²) in [5, 5.41) is 6.52. The molecule has 7 nitrogen and oxygen atoms in total. The third-order valence-electron chi connectivity index (χ3n) is 6.23. The number of nitrogens with one attached hydrogen (secondary N) is 2. The van der Waals surface area contributed by atoms with Crippen LogP contribution in [0.15, 0.2) is 78.5 Å². The lowest BCUT2D eigenvalue weighted by atomic mass is 10.1. The number of fused-ring (bicyclic) bond motifs is 1. The molecule has 3 aromatic carbocycles. The van der Waals surface area contributed by atoms with E-state index in [1.807, 2.05) is 55.5 Å². The highest BCUT2D eigenvalue weighted by atomic mass is 35.5. The number of urea groups is 1. The quantitative estimate of drug-likeness (QED) is 0.269. The van der Waals surface area contributed by atoms with Crippen LogP contribution in [0, 0.1) is 12.7 Å². The number of para-hydroxylation sites is 2. The molecule has 5 rings (SSSR count). The second-order valence-corrected chi connectivity index (χ2v) is 9.07. The number of anilines is 1. The van der Waals surface area contributed by atoms with Crippen molar-refractivity contribution in [3.8, 4) is 0 Å². The zero-order valence-corrected chi connectivity index (χ0v) is 20.6. The number of carbonyl (C=O) groups excluding carboxylic acids is 3. The van der Waals surface area contributed by atoms with Gasteiger partial charge in [-0.2, -0.15) is 0 Å². The molecule has 0 aliphatic carbocycles. The molecule has 1 aliphatic heterocycles. The molecular weight excluding hydrogens is 495 g/mol. The van der Waals surface area contributed by atoms with E-state index >= 15 is 0 Å². The second-order valence-electron chi connectivity index (χ2n) is 8.64. The van der Waals surface area contributed by atoms with E-state index < -0.39 is 30.2 Å². The summed E-state index contributed by atoms with van der Waals surface area (Å²) in [5.41, 5.74) is 3.75. The van der Waals surface area contributed by atoms with Gasteiger partial charge in [0.05, 0.1) is 5.69 Å². The molecule has 1 fully saturated rings. The largest absolute Gasteiger partial charge is 0.340 e. The van der Waals surface area contributed by atoms with Crippen LogP contribution in [0.5, 0.6) is 0 Å². The maximum Gasteiger partial charge on any atom is 0.329 e. The summed E-state index contributed by atoms with van der Waals surface area (Å²) in [4.78, 5) is 38.8. The highest BCUT2D eigenvalue weighted by Crippen LogP contribution is 2.29. The van der Waals surface area contributed by atoms with Crippen molar-refractivity contribution in [1.29, 1.82) is 0 Å². The van der Waals surface area contributed by atoms with Crippen LogP contribution in [0.1, 0.15) is 16.8 Å². The second kappa shape index (κ2) is 9.91. The number of rotatable bonds is 6. The molecule has 4 aromatic rings. The van der Waals surface area contributed by atoms with E-state index in [0.29, 0.717) is 11.6 Å². The van der Waals surface area contributed by atoms with Crippen molar-refractivity contribution in [2.45, 2.75) is 13.5 Å². The van der Waals surface area contributed by atoms with Crippen molar-refractivity contribution in [2.75, 3.05) is 11.9 Å². The van der Waals surface area contributed by atoms with Crippen molar-refractivity contribution >= 4 is 52.1 Å². The van der Waals surface area contributed by atoms with Gasteiger partial charge in [-0.05, 0) is 48.9 Å². The fourth-order valence-electron chi connectivity index (χ4n) is 4.37. The van der Waals surface area contributed by atoms with Gasteiger partial charge in [-0.15, -0.1) is 0 Å². The van der Waals surface area contributed by atoms with E-state index in [-0.39, 0.29) is 11.4 Å². The van der Waals surface area contributed by atoms with Gasteiger partial charge in [0.2, 0.25) is 5.91 Å². The molecule has 0 radical (unpaired) electrons. The van der Waals surface area contributed by atoms with E-state index in [9.17, 15) is 18.8 Å². The average Bonchev–Trinajstić information content (AvgIpc) is 3.30. The predicted octanol–water partition coefficient (Wildman–Crippen LogP) is 5.32. The minimum Gasteiger partial charge on any atom is -0.340 e. The van der Waals surface area contributed by atoms with Gasteiger partial charge in [0, 0.05) is 33.7 Å². The number of aromatic nitrogens is 1. The first-order valence-electron chi connectivity index (χ1n) is 11.5. The van der Waals surface area contributed by atoms with E-state index in [2.05, 4.69) is 15.2 Å². The maximum absolute atomic E-state index is 13.9. The van der Waals surface area contributed by atoms with Gasteiger partial charge in [-0.25, -0.2) is 14.1 Å². The Morgan fingerprint density at radius 1 is 1.03 bits per heavy atom. The Hall–Kier alpha value is -4.43. The van der Waals surface area contributed by atoms with Crippen LogP contribution in [0.3, 0.4) is 0 Å². The summed E-state index contributed by atoms with van der Waals surface area (Å²) in [5.74, 6) is -1.94. The van der Waals surface area contributed by atoms with E-state index in [4.69, 9.17) is 11.6 Å². The molecule has 0 atom stereocenters. The SMILES string of the molecule is Cc1c(/C=C2/NC(=O)N(CC(=O)Nc3ccccc3F)C2=O)c2ccccc2n1Cc1ccc(Cl)cc1. The van der Waals surface area contributed by atoms with Gasteiger partial charge in [0.25, 0.3) is 5.91 Å². The van der Waals surface area contributed by atoms with E-state index in [0.717, 1.165) is 32.6 Å². The molecule has 186 valence electrons. The summed E-state index contributed by atoms with van der Waals surface area (Å²) in [6.07, 6.45) is 1.63. The lowest BCUT2D eigenvalue weighted by Gasteiger charge is -2.12. The highest BCUT2D eigenvalue weighted by Gasteiger charge is 2.35. The molecule has 0 unspecified atom stereocenters. The number of nitrogens with zero attached hydrogens (tertiary/aromatic N) is 2. The smallest absolute Gasteiger partial charge is 0.329 e. The van der Waals surface area contributed by atoms with Crippen LogP contribution >= 0.6 is 11.6 Å². The van der Waals surface area contributed by atoms with Gasteiger partial charge in [-0.3, -0.25) is 9.59 Å². The molecular formula is C28H22ClFN4O3. The van der Waals surface area contributed by atoms with Crippen molar-refractivity contribution in [1.82, 2.24) is 14.8 Å². The van der Waals surface area contributed by atoms with E-state index in [1.165, 1.54) is 18.2 Å². The average molecular weight is 517 g/mol. The lowest BCUT2D eigenvalue weighted by molar-refractivity contribution is -0.127. The molecule has 1 aliphatic rings. The first-order valence-corrected chi connectivity index (χ1v) is 11.9. The number of amides is 4.